The first kappa shape index (κ1) is 21.2. The van der Waals surface area contributed by atoms with Crippen molar-refractivity contribution in [2.45, 2.75) is 25.4 Å². The lowest BCUT2D eigenvalue weighted by Gasteiger charge is -2.26. The van der Waals surface area contributed by atoms with E-state index in [1.165, 1.54) is 0 Å². The Morgan fingerprint density at radius 2 is 2.10 bits per heavy atom. The van der Waals surface area contributed by atoms with E-state index in [1.54, 1.807) is 12.3 Å². The SMILES string of the molecule is C=CCN1CCN(C(=O)[C@H]2CCCO2)C[C@@H](Cc2ccccc2-c2cccnc2)C1=O. The second-order valence-electron chi connectivity index (χ2n) is 8.16. The van der Waals surface area contributed by atoms with E-state index < -0.39 is 0 Å². The van der Waals surface area contributed by atoms with Gasteiger partial charge in [0.25, 0.3) is 5.91 Å². The van der Waals surface area contributed by atoms with Crippen molar-refractivity contribution in [2.75, 3.05) is 32.8 Å². The Morgan fingerprint density at radius 3 is 2.84 bits per heavy atom. The normalized spacial score (nSPS) is 21.7. The monoisotopic (exact) mass is 419 g/mol. The molecule has 2 aliphatic rings. The number of pyridine rings is 1. The summed E-state index contributed by atoms with van der Waals surface area (Å²) in [6, 6.07) is 12.1. The number of ether oxygens (including phenoxy) is 1. The summed E-state index contributed by atoms with van der Waals surface area (Å²) in [4.78, 5) is 34.3. The molecule has 3 heterocycles. The molecule has 6 nitrogen and oxygen atoms in total. The number of hydrogen-bond acceptors (Lipinski definition) is 4. The number of carbonyl (C=O) groups is 2. The van der Waals surface area contributed by atoms with Crippen molar-refractivity contribution >= 4 is 11.8 Å². The van der Waals surface area contributed by atoms with Crippen molar-refractivity contribution in [1.29, 1.82) is 0 Å². The Labute approximate surface area is 183 Å². The van der Waals surface area contributed by atoms with Crippen LogP contribution in [0.2, 0.25) is 0 Å². The maximum atomic E-state index is 13.4. The van der Waals surface area contributed by atoms with Gasteiger partial charge >= 0.3 is 0 Å². The van der Waals surface area contributed by atoms with E-state index in [1.807, 2.05) is 40.3 Å². The summed E-state index contributed by atoms with van der Waals surface area (Å²) in [5.41, 5.74) is 3.17. The minimum Gasteiger partial charge on any atom is -0.368 e. The van der Waals surface area contributed by atoms with E-state index in [0.717, 1.165) is 29.5 Å². The van der Waals surface area contributed by atoms with Gasteiger partial charge in [0.15, 0.2) is 0 Å². The van der Waals surface area contributed by atoms with Crippen LogP contribution in [0.3, 0.4) is 0 Å². The zero-order valence-electron chi connectivity index (χ0n) is 17.8. The van der Waals surface area contributed by atoms with Crippen LogP contribution in [0, 0.1) is 5.92 Å². The van der Waals surface area contributed by atoms with Crippen LogP contribution in [-0.4, -0.2) is 65.5 Å². The molecule has 2 fully saturated rings. The van der Waals surface area contributed by atoms with Gasteiger partial charge in [-0.1, -0.05) is 36.4 Å². The van der Waals surface area contributed by atoms with Crippen LogP contribution in [0.25, 0.3) is 11.1 Å². The minimum atomic E-state index is -0.371. The molecule has 2 saturated heterocycles. The van der Waals surface area contributed by atoms with Gasteiger partial charge in [-0.2, -0.15) is 0 Å². The fourth-order valence-corrected chi connectivity index (χ4v) is 4.48. The Bertz CT molecular complexity index is 925. The third kappa shape index (κ3) is 4.85. The molecule has 1 aromatic heterocycles. The molecule has 0 bridgehead atoms. The minimum absolute atomic E-state index is 0.0105. The zero-order chi connectivity index (χ0) is 21.6. The van der Waals surface area contributed by atoms with Crippen LogP contribution in [0.1, 0.15) is 18.4 Å². The standard InChI is InChI=1S/C25H29N3O3/c1-2-12-27-13-14-28(25(30)23-10-6-15-31-23)18-21(24(27)29)16-19-7-3-4-9-22(19)20-8-5-11-26-17-20/h2-5,7-9,11,17,21,23H,1,6,10,12-16,18H2/t21-,23-/m1/s1. The molecule has 0 saturated carbocycles. The molecule has 2 aromatic rings. The van der Waals surface area contributed by atoms with Gasteiger partial charge in [-0.25, -0.2) is 0 Å². The van der Waals surface area contributed by atoms with E-state index in [2.05, 4.69) is 23.7 Å². The van der Waals surface area contributed by atoms with Gasteiger partial charge in [0.1, 0.15) is 6.10 Å². The van der Waals surface area contributed by atoms with Crippen molar-refractivity contribution in [1.82, 2.24) is 14.8 Å². The smallest absolute Gasteiger partial charge is 0.251 e. The van der Waals surface area contributed by atoms with Crippen LogP contribution in [0.4, 0.5) is 0 Å². The van der Waals surface area contributed by atoms with Crippen molar-refractivity contribution in [3.05, 3.63) is 67.0 Å². The highest BCUT2D eigenvalue weighted by atomic mass is 16.5. The fraction of sp³-hybridized carbons (Fsp3) is 0.400. The Kier molecular flexibility index (Phi) is 6.77. The third-order valence-electron chi connectivity index (χ3n) is 6.06. The summed E-state index contributed by atoms with van der Waals surface area (Å²) in [6.45, 7) is 6.37. The number of amides is 2. The van der Waals surface area contributed by atoms with E-state index in [-0.39, 0.29) is 23.8 Å². The Morgan fingerprint density at radius 1 is 1.23 bits per heavy atom. The Hall–Kier alpha value is -2.99. The summed E-state index contributed by atoms with van der Waals surface area (Å²) in [5, 5.41) is 0. The molecule has 0 unspecified atom stereocenters. The quantitative estimate of drug-likeness (QED) is 0.676. The maximum absolute atomic E-state index is 13.4. The molecule has 0 N–H and O–H groups in total. The summed E-state index contributed by atoms with van der Waals surface area (Å²) in [7, 11) is 0. The van der Waals surface area contributed by atoms with Crippen LogP contribution >= 0.6 is 0 Å². The van der Waals surface area contributed by atoms with Gasteiger partial charge in [-0.3, -0.25) is 14.6 Å². The predicted molar refractivity (Wildman–Crippen MR) is 119 cm³/mol. The van der Waals surface area contributed by atoms with Crippen LogP contribution in [-0.2, 0) is 20.7 Å². The van der Waals surface area contributed by atoms with Crippen molar-refractivity contribution < 1.29 is 14.3 Å². The average molecular weight is 420 g/mol. The molecule has 0 spiro atoms. The Balaban J connectivity index is 1.60. The van der Waals surface area contributed by atoms with E-state index >= 15 is 0 Å². The van der Waals surface area contributed by atoms with Gasteiger partial charge in [0, 0.05) is 50.7 Å². The summed E-state index contributed by atoms with van der Waals surface area (Å²) >= 11 is 0. The number of carbonyl (C=O) groups excluding carboxylic acids is 2. The molecular formula is C25H29N3O3. The second-order valence-corrected chi connectivity index (χ2v) is 8.16. The van der Waals surface area contributed by atoms with Gasteiger partial charge in [0.05, 0.1) is 5.92 Å². The van der Waals surface area contributed by atoms with Gasteiger partial charge in [-0.15, -0.1) is 6.58 Å². The largest absolute Gasteiger partial charge is 0.368 e. The van der Waals surface area contributed by atoms with E-state index in [9.17, 15) is 9.59 Å². The van der Waals surface area contributed by atoms with E-state index in [4.69, 9.17) is 4.74 Å². The molecule has 2 aliphatic heterocycles. The first-order valence-corrected chi connectivity index (χ1v) is 11.0. The highest BCUT2D eigenvalue weighted by Gasteiger charge is 2.35. The molecule has 0 aliphatic carbocycles. The zero-order valence-corrected chi connectivity index (χ0v) is 17.8. The second kappa shape index (κ2) is 9.88. The molecule has 162 valence electrons. The third-order valence-corrected chi connectivity index (χ3v) is 6.06. The predicted octanol–water partition coefficient (Wildman–Crippen LogP) is 2.94. The highest BCUT2D eigenvalue weighted by Crippen LogP contribution is 2.27. The highest BCUT2D eigenvalue weighted by molar-refractivity contribution is 5.84. The number of hydrogen-bond donors (Lipinski definition) is 0. The lowest BCUT2D eigenvalue weighted by atomic mass is 9.91. The number of aromatic nitrogens is 1. The van der Waals surface area contributed by atoms with Crippen LogP contribution in [0.15, 0.2) is 61.4 Å². The molecule has 31 heavy (non-hydrogen) atoms. The lowest BCUT2D eigenvalue weighted by molar-refractivity contribution is -0.141. The number of nitrogens with zero attached hydrogens (tertiary/aromatic N) is 3. The van der Waals surface area contributed by atoms with Crippen LogP contribution in [0.5, 0.6) is 0 Å². The molecule has 2 atom stereocenters. The number of rotatable bonds is 6. The molecular weight excluding hydrogens is 390 g/mol. The lowest BCUT2D eigenvalue weighted by Crippen LogP contribution is -2.42. The first-order chi connectivity index (χ1) is 15.2. The molecule has 6 heteroatoms. The van der Waals surface area contributed by atoms with Crippen molar-refractivity contribution in [2.24, 2.45) is 5.92 Å². The summed E-state index contributed by atoms with van der Waals surface area (Å²) in [6.07, 6.45) is 7.20. The maximum Gasteiger partial charge on any atom is 0.251 e. The van der Waals surface area contributed by atoms with Crippen LogP contribution < -0.4 is 0 Å². The topological polar surface area (TPSA) is 62.7 Å². The fourth-order valence-electron chi connectivity index (χ4n) is 4.48. The van der Waals surface area contributed by atoms with E-state index in [0.29, 0.717) is 39.2 Å². The van der Waals surface area contributed by atoms with Gasteiger partial charge < -0.3 is 14.5 Å². The number of benzene rings is 1. The average Bonchev–Trinajstić information content (AvgIpc) is 3.30. The first-order valence-electron chi connectivity index (χ1n) is 11.0. The molecule has 0 radical (unpaired) electrons. The summed E-state index contributed by atoms with van der Waals surface area (Å²) < 4.78 is 5.63. The van der Waals surface area contributed by atoms with Gasteiger partial charge in [0.2, 0.25) is 5.91 Å². The van der Waals surface area contributed by atoms with Crippen molar-refractivity contribution in [3.63, 3.8) is 0 Å². The van der Waals surface area contributed by atoms with Crippen molar-refractivity contribution in [3.8, 4) is 11.1 Å². The van der Waals surface area contributed by atoms with Gasteiger partial charge in [-0.05, 0) is 36.5 Å². The molecule has 1 aromatic carbocycles. The molecule has 2 amide bonds. The summed E-state index contributed by atoms with van der Waals surface area (Å²) in [5.74, 6) is -0.231. The molecule has 4 rings (SSSR count).